The number of hydrogen-bond donors (Lipinski definition) is 2. The maximum absolute atomic E-state index is 13.3. The molecule has 10 heteroatoms. The highest BCUT2D eigenvalue weighted by atomic mass is 35.5. The third-order valence-electron chi connectivity index (χ3n) is 4.10. The van der Waals surface area contributed by atoms with Gasteiger partial charge in [-0.3, -0.25) is 4.79 Å². The van der Waals surface area contributed by atoms with E-state index in [0.717, 1.165) is 0 Å². The second-order valence-corrected chi connectivity index (χ2v) is 6.84. The molecule has 0 spiro atoms. The number of nitrogens with zero attached hydrogens (tertiary/aromatic N) is 2. The number of hydrogen-bond acceptors (Lipinski definition) is 3. The van der Waals surface area contributed by atoms with Gasteiger partial charge in [-0.05, 0) is 36.8 Å². The van der Waals surface area contributed by atoms with Crippen LogP contribution in [0.5, 0.6) is 0 Å². The Morgan fingerprint density at radius 1 is 1.25 bits per heavy atom. The third-order valence-corrected chi connectivity index (χ3v) is 4.34. The molecule has 148 valence electrons. The minimum Gasteiger partial charge on any atom is -0.380 e. The fraction of sp³-hybridized carbons (Fsp3) is 0.222. The van der Waals surface area contributed by atoms with Crippen molar-refractivity contribution in [2.45, 2.75) is 25.1 Å². The Hall–Kier alpha value is -2.65. The van der Waals surface area contributed by atoms with Crippen molar-refractivity contribution in [1.82, 2.24) is 9.61 Å². The molecule has 3 rings (SSSR count). The zero-order chi connectivity index (χ0) is 20.7. The third kappa shape index (κ3) is 3.95. The van der Waals surface area contributed by atoms with Gasteiger partial charge in [0.05, 0.1) is 17.5 Å². The molecule has 0 unspecified atom stereocenters. The number of aromatic nitrogens is 2. The van der Waals surface area contributed by atoms with Crippen molar-refractivity contribution in [1.29, 1.82) is 0 Å². The predicted molar refractivity (Wildman–Crippen MR) is 95.5 cm³/mol. The highest BCUT2D eigenvalue weighted by Gasteiger charge is 2.51. The van der Waals surface area contributed by atoms with Gasteiger partial charge in [0.2, 0.25) is 5.91 Å². The lowest BCUT2D eigenvalue weighted by Crippen LogP contribution is -2.44. The number of anilines is 1. The largest absolute Gasteiger partial charge is 0.417 e. The summed E-state index contributed by atoms with van der Waals surface area (Å²) in [5.74, 6) is -1.61. The summed E-state index contributed by atoms with van der Waals surface area (Å²) in [6, 6.07) is 8.36. The number of nitrogens with one attached hydrogen (secondary N) is 1. The fourth-order valence-electron chi connectivity index (χ4n) is 2.60. The van der Waals surface area contributed by atoms with Crippen LogP contribution in [0.1, 0.15) is 13.3 Å². The smallest absolute Gasteiger partial charge is 0.380 e. The minimum absolute atomic E-state index is 0.0446. The van der Waals surface area contributed by atoms with Crippen LogP contribution >= 0.6 is 11.6 Å². The molecule has 5 nitrogen and oxygen atoms in total. The van der Waals surface area contributed by atoms with Crippen molar-refractivity contribution in [3.05, 3.63) is 53.4 Å². The van der Waals surface area contributed by atoms with E-state index in [0.29, 0.717) is 28.6 Å². The van der Waals surface area contributed by atoms with Crippen LogP contribution in [0.4, 0.5) is 23.4 Å². The van der Waals surface area contributed by atoms with Crippen LogP contribution < -0.4 is 5.32 Å². The summed E-state index contributed by atoms with van der Waals surface area (Å²) >= 11 is 6.01. The molecule has 0 fully saturated rings. The highest BCUT2D eigenvalue weighted by molar-refractivity contribution is 6.31. The number of carbonyl (C=O) groups excluding carboxylic acids is 1. The second-order valence-electron chi connectivity index (χ2n) is 6.40. The Labute approximate surface area is 161 Å². The summed E-state index contributed by atoms with van der Waals surface area (Å²) in [6.45, 7) is 0.511. The van der Waals surface area contributed by atoms with Crippen molar-refractivity contribution >= 4 is 28.8 Å². The molecule has 0 aliphatic carbocycles. The zero-order valence-electron chi connectivity index (χ0n) is 14.4. The average Bonchev–Trinajstić information content (AvgIpc) is 2.91. The van der Waals surface area contributed by atoms with E-state index in [9.17, 15) is 27.5 Å². The lowest BCUT2D eigenvalue weighted by atomic mass is 10.0. The van der Waals surface area contributed by atoms with Crippen molar-refractivity contribution in [3.8, 4) is 11.1 Å². The summed E-state index contributed by atoms with van der Waals surface area (Å²) in [5, 5.41) is 16.3. The Morgan fingerprint density at radius 2 is 1.89 bits per heavy atom. The van der Waals surface area contributed by atoms with E-state index >= 15 is 0 Å². The number of alkyl halides is 3. The van der Waals surface area contributed by atoms with Crippen LogP contribution in [0.3, 0.4) is 0 Å². The Bertz CT molecular complexity index is 1030. The van der Waals surface area contributed by atoms with Crippen molar-refractivity contribution in [3.63, 3.8) is 0 Å². The van der Waals surface area contributed by atoms with E-state index in [-0.39, 0.29) is 5.82 Å². The van der Waals surface area contributed by atoms with Crippen LogP contribution in [-0.4, -0.2) is 32.4 Å². The van der Waals surface area contributed by atoms with E-state index in [2.05, 4.69) is 10.4 Å². The SMILES string of the molecule is C[C@](O)(CC(=O)Nc1nn2ccc(Cl)cc2c1-c1ccc(F)cc1)C(F)(F)F. The number of aliphatic hydroxyl groups is 1. The molecule has 1 atom stereocenters. The van der Waals surface area contributed by atoms with Crippen molar-refractivity contribution in [2.75, 3.05) is 5.32 Å². The number of benzene rings is 1. The standard InChI is InChI=1S/C18H14ClF4N3O2/c1-17(28,18(21,22)23)9-14(27)24-16-15(10-2-4-12(20)5-3-10)13-8-11(19)6-7-26(13)25-16/h2-8,28H,9H2,1H3,(H,24,25,27)/t17-/m0/s1. The van der Waals surface area contributed by atoms with Gasteiger partial charge >= 0.3 is 6.18 Å². The van der Waals surface area contributed by atoms with E-state index < -0.39 is 29.9 Å². The summed E-state index contributed by atoms with van der Waals surface area (Å²) in [7, 11) is 0. The first-order chi connectivity index (χ1) is 13.0. The lowest BCUT2D eigenvalue weighted by Gasteiger charge is -2.25. The molecule has 2 heterocycles. The highest BCUT2D eigenvalue weighted by Crippen LogP contribution is 2.35. The molecule has 3 aromatic rings. The molecule has 0 bridgehead atoms. The van der Waals surface area contributed by atoms with Gasteiger partial charge < -0.3 is 10.4 Å². The molecule has 28 heavy (non-hydrogen) atoms. The molecule has 0 radical (unpaired) electrons. The first-order valence-electron chi connectivity index (χ1n) is 8.01. The van der Waals surface area contributed by atoms with Gasteiger partial charge in [-0.1, -0.05) is 23.7 Å². The van der Waals surface area contributed by atoms with Crippen molar-refractivity contribution in [2.24, 2.45) is 0 Å². The number of rotatable bonds is 4. The Morgan fingerprint density at radius 3 is 2.50 bits per heavy atom. The van der Waals surface area contributed by atoms with Gasteiger partial charge in [0.15, 0.2) is 11.4 Å². The molecule has 2 N–H and O–H groups in total. The zero-order valence-corrected chi connectivity index (χ0v) is 15.1. The lowest BCUT2D eigenvalue weighted by molar-refractivity contribution is -0.252. The van der Waals surface area contributed by atoms with E-state index in [1.54, 1.807) is 6.07 Å². The van der Waals surface area contributed by atoms with Gasteiger partial charge in [0, 0.05) is 11.2 Å². The number of carbonyl (C=O) groups is 1. The molecule has 0 saturated heterocycles. The maximum Gasteiger partial charge on any atom is 0.417 e. The van der Waals surface area contributed by atoms with Gasteiger partial charge in [0.25, 0.3) is 0 Å². The molecule has 0 aliphatic rings. The fourth-order valence-corrected chi connectivity index (χ4v) is 2.76. The topological polar surface area (TPSA) is 66.6 Å². The number of pyridine rings is 1. The first-order valence-corrected chi connectivity index (χ1v) is 8.38. The number of amides is 1. The minimum atomic E-state index is -4.98. The van der Waals surface area contributed by atoms with Gasteiger partial charge in [-0.15, -0.1) is 5.10 Å². The van der Waals surface area contributed by atoms with Crippen LogP contribution in [0.2, 0.25) is 5.02 Å². The summed E-state index contributed by atoms with van der Waals surface area (Å²) in [5.41, 5.74) is -1.92. The molecule has 2 aromatic heterocycles. The summed E-state index contributed by atoms with van der Waals surface area (Å²) in [4.78, 5) is 12.1. The summed E-state index contributed by atoms with van der Waals surface area (Å²) < 4.78 is 53.1. The first kappa shape index (κ1) is 20.1. The normalized spacial score (nSPS) is 14.1. The van der Waals surface area contributed by atoms with Crippen LogP contribution in [0.25, 0.3) is 16.6 Å². The van der Waals surface area contributed by atoms with Gasteiger partial charge in [0.1, 0.15) is 5.82 Å². The van der Waals surface area contributed by atoms with E-state index in [1.807, 2.05) is 0 Å². The number of fused-ring (bicyclic) bond motifs is 1. The van der Waals surface area contributed by atoms with Crippen LogP contribution in [0, 0.1) is 5.82 Å². The van der Waals surface area contributed by atoms with E-state index in [1.165, 1.54) is 41.0 Å². The molecular formula is C18H14ClF4N3O2. The average molecular weight is 416 g/mol. The van der Waals surface area contributed by atoms with Crippen LogP contribution in [-0.2, 0) is 4.79 Å². The Kier molecular flexibility index (Phi) is 5.07. The molecule has 1 amide bonds. The van der Waals surface area contributed by atoms with Gasteiger partial charge in [-0.25, -0.2) is 8.91 Å². The molecule has 1 aromatic carbocycles. The second kappa shape index (κ2) is 7.06. The molecular weight excluding hydrogens is 402 g/mol. The van der Waals surface area contributed by atoms with Crippen molar-refractivity contribution < 1.29 is 27.5 Å². The predicted octanol–water partition coefficient (Wildman–Crippen LogP) is 4.44. The summed E-state index contributed by atoms with van der Waals surface area (Å²) in [6.07, 6.45) is -4.68. The molecule has 0 aliphatic heterocycles. The molecule has 0 saturated carbocycles. The Balaban J connectivity index is 2.02. The number of halogens is 5. The van der Waals surface area contributed by atoms with Gasteiger partial charge in [-0.2, -0.15) is 13.2 Å². The van der Waals surface area contributed by atoms with Crippen LogP contribution in [0.15, 0.2) is 42.6 Å². The maximum atomic E-state index is 13.3. The quantitative estimate of drug-likeness (QED) is 0.619. The van der Waals surface area contributed by atoms with E-state index in [4.69, 9.17) is 11.6 Å². The monoisotopic (exact) mass is 415 g/mol.